The van der Waals surface area contributed by atoms with Crippen LogP contribution in [0.5, 0.6) is 0 Å². The number of hydrogen-bond acceptors (Lipinski definition) is 3. The number of carbonyl (C=O) groups is 1. The molecule has 0 fully saturated rings. The Labute approximate surface area is 179 Å². The molecular formula is C17H15BrCl3N5O. The van der Waals surface area contributed by atoms with Crippen LogP contribution in [0.2, 0.25) is 15.1 Å². The SMILES string of the molecule is Cc1nn(C(C)C(=O)Nc2nn(Cc3ccc(Cl)cc3Cl)cc2Cl)cc1Br. The van der Waals surface area contributed by atoms with Gasteiger partial charge in [-0.2, -0.15) is 10.2 Å². The Morgan fingerprint density at radius 1 is 1.22 bits per heavy atom. The fourth-order valence-corrected chi connectivity index (χ4v) is 3.34. The molecule has 2 aromatic heterocycles. The lowest BCUT2D eigenvalue weighted by Gasteiger charge is -2.11. The summed E-state index contributed by atoms with van der Waals surface area (Å²) in [6.07, 6.45) is 3.38. The van der Waals surface area contributed by atoms with Gasteiger partial charge in [-0.3, -0.25) is 14.2 Å². The number of nitrogens with zero attached hydrogens (tertiary/aromatic N) is 4. The molecule has 0 radical (unpaired) electrons. The summed E-state index contributed by atoms with van der Waals surface area (Å²) in [6.45, 7) is 3.99. The van der Waals surface area contributed by atoms with Gasteiger partial charge in [0.15, 0.2) is 5.82 Å². The van der Waals surface area contributed by atoms with Crippen LogP contribution >= 0.6 is 50.7 Å². The quantitative estimate of drug-likeness (QED) is 0.523. The van der Waals surface area contributed by atoms with Gasteiger partial charge in [0.1, 0.15) is 11.1 Å². The molecule has 1 N–H and O–H groups in total. The molecule has 3 aromatic rings. The Morgan fingerprint density at radius 3 is 2.59 bits per heavy atom. The van der Waals surface area contributed by atoms with Crippen LogP contribution in [0.4, 0.5) is 5.82 Å². The van der Waals surface area contributed by atoms with Crippen LogP contribution in [-0.2, 0) is 11.3 Å². The van der Waals surface area contributed by atoms with Crippen molar-refractivity contribution < 1.29 is 4.79 Å². The molecule has 0 spiro atoms. The highest BCUT2D eigenvalue weighted by Gasteiger charge is 2.20. The first kappa shape index (κ1) is 20.2. The molecule has 0 saturated heterocycles. The summed E-state index contributed by atoms with van der Waals surface area (Å²) in [7, 11) is 0. The molecule has 10 heteroatoms. The maximum Gasteiger partial charge on any atom is 0.250 e. The molecule has 6 nitrogen and oxygen atoms in total. The first-order chi connectivity index (χ1) is 12.7. The van der Waals surface area contributed by atoms with Crippen molar-refractivity contribution in [2.45, 2.75) is 26.4 Å². The number of anilines is 1. The molecule has 1 unspecified atom stereocenters. The van der Waals surface area contributed by atoms with Gasteiger partial charge in [0, 0.05) is 22.4 Å². The summed E-state index contributed by atoms with van der Waals surface area (Å²) >= 11 is 21.7. The van der Waals surface area contributed by atoms with Gasteiger partial charge in [0.2, 0.25) is 5.91 Å². The smallest absolute Gasteiger partial charge is 0.250 e. The maximum absolute atomic E-state index is 12.5. The van der Waals surface area contributed by atoms with Gasteiger partial charge < -0.3 is 5.32 Å². The normalized spacial score (nSPS) is 12.2. The molecule has 1 aromatic carbocycles. The monoisotopic (exact) mass is 489 g/mol. The third kappa shape index (κ3) is 4.66. The standard InChI is InChI=1S/C17H15BrCl3N5O/c1-9-13(18)7-26(23-9)10(2)17(27)22-16-15(21)8-25(24-16)6-11-3-4-12(19)5-14(11)20/h3-5,7-8,10H,6H2,1-2H3,(H,22,24,27). The highest BCUT2D eigenvalue weighted by Crippen LogP contribution is 2.25. The highest BCUT2D eigenvalue weighted by atomic mass is 79.9. The van der Waals surface area contributed by atoms with Crippen LogP contribution in [-0.4, -0.2) is 25.5 Å². The predicted octanol–water partition coefficient (Wildman–Crippen LogP) is 5.36. The van der Waals surface area contributed by atoms with Gasteiger partial charge in [-0.1, -0.05) is 40.9 Å². The van der Waals surface area contributed by atoms with E-state index < -0.39 is 6.04 Å². The van der Waals surface area contributed by atoms with E-state index in [1.54, 1.807) is 40.8 Å². The molecule has 27 heavy (non-hydrogen) atoms. The van der Waals surface area contributed by atoms with E-state index in [1.165, 1.54) is 0 Å². The first-order valence-electron chi connectivity index (χ1n) is 7.93. The topological polar surface area (TPSA) is 64.7 Å². The highest BCUT2D eigenvalue weighted by molar-refractivity contribution is 9.10. The summed E-state index contributed by atoms with van der Waals surface area (Å²) in [6, 6.07) is 4.71. The fourth-order valence-electron chi connectivity index (χ4n) is 2.39. The van der Waals surface area contributed by atoms with Crippen molar-refractivity contribution in [3.05, 3.63) is 61.4 Å². The van der Waals surface area contributed by atoms with Gasteiger partial charge in [0.05, 0.1) is 16.7 Å². The zero-order chi connectivity index (χ0) is 19.7. The van der Waals surface area contributed by atoms with Crippen molar-refractivity contribution in [3.8, 4) is 0 Å². The molecule has 0 aliphatic heterocycles. The molecule has 3 rings (SSSR count). The minimum Gasteiger partial charge on any atom is -0.306 e. The van der Waals surface area contributed by atoms with E-state index in [4.69, 9.17) is 34.8 Å². The minimum atomic E-state index is -0.526. The molecule has 0 aliphatic carbocycles. The minimum absolute atomic E-state index is 0.276. The molecule has 142 valence electrons. The van der Waals surface area contributed by atoms with Crippen LogP contribution in [0, 0.1) is 6.92 Å². The number of benzene rings is 1. The number of hydrogen-bond donors (Lipinski definition) is 1. The van der Waals surface area contributed by atoms with Crippen molar-refractivity contribution in [1.29, 1.82) is 0 Å². The Balaban J connectivity index is 1.73. The van der Waals surface area contributed by atoms with E-state index >= 15 is 0 Å². The summed E-state index contributed by atoms with van der Waals surface area (Å²) in [5, 5.41) is 12.8. The predicted molar refractivity (Wildman–Crippen MR) is 111 cm³/mol. The number of nitrogens with one attached hydrogen (secondary N) is 1. The van der Waals surface area contributed by atoms with Crippen LogP contribution in [0.15, 0.2) is 35.1 Å². The molecule has 2 heterocycles. The molecule has 0 aliphatic rings. The van der Waals surface area contributed by atoms with Gasteiger partial charge in [0.25, 0.3) is 0 Å². The summed E-state index contributed by atoms with van der Waals surface area (Å²) in [5.41, 5.74) is 1.64. The van der Waals surface area contributed by atoms with E-state index in [9.17, 15) is 4.79 Å². The number of amides is 1. The third-order valence-electron chi connectivity index (χ3n) is 3.94. The number of aryl methyl sites for hydroxylation is 1. The second kappa shape index (κ2) is 8.22. The van der Waals surface area contributed by atoms with Crippen LogP contribution in [0.25, 0.3) is 0 Å². The molecule has 0 saturated carbocycles. The molecule has 1 amide bonds. The fraction of sp³-hybridized carbons (Fsp3) is 0.235. The first-order valence-corrected chi connectivity index (χ1v) is 9.86. The average Bonchev–Trinajstić information content (AvgIpc) is 3.12. The maximum atomic E-state index is 12.5. The second-order valence-electron chi connectivity index (χ2n) is 5.97. The van der Waals surface area contributed by atoms with Crippen LogP contribution < -0.4 is 5.32 Å². The Hall–Kier alpha value is -1.54. The van der Waals surface area contributed by atoms with E-state index in [1.807, 2.05) is 13.0 Å². The van der Waals surface area contributed by atoms with Crippen LogP contribution in [0.3, 0.4) is 0 Å². The second-order valence-corrected chi connectivity index (χ2v) is 8.07. The molecule has 0 bridgehead atoms. The van der Waals surface area contributed by atoms with Gasteiger partial charge in [-0.15, -0.1) is 0 Å². The van der Waals surface area contributed by atoms with Crippen molar-refractivity contribution in [3.63, 3.8) is 0 Å². The Bertz CT molecular complexity index is 981. The van der Waals surface area contributed by atoms with Crippen molar-refractivity contribution >= 4 is 62.5 Å². The zero-order valence-corrected chi connectivity index (χ0v) is 18.2. The van der Waals surface area contributed by atoms with E-state index in [0.717, 1.165) is 15.7 Å². The Kier molecular flexibility index (Phi) is 6.15. The number of aromatic nitrogens is 4. The largest absolute Gasteiger partial charge is 0.306 e. The summed E-state index contributed by atoms with van der Waals surface area (Å²) in [5.74, 6) is 0.00298. The lowest BCUT2D eigenvalue weighted by molar-refractivity contribution is -0.119. The van der Waals surface area contributed by atoms with Crippen molar-refractivity contribution in [2.24, 2.45) is 0 Å². The lowest BCUT2D eigenvalue weighted by atomic mass is 10.2. The third-order valence-corrected chi connectivity index (χ3v) is 5.58. The molecular weight excluding hydrogens is 476 g/mol. The van der Waals surface area contributed by atoms with Gasteiger partial charge >= 0.3 is 0 Å². The van der Waals surface area contributed by atoms with E-state index in [0.29, 0.717) is 21.6 Å². The van der Waals surface area contributed by atoms with Crippen molar-refractivity contribution in [1.82, 2.24) is 19.6 Å². The average molecular weight is 492 g/mol. The zero-order valence-electron chi connectivity index (χ0n) is 14.4. The number of rotatable bonds is 5. The number of carbonyl (C=O) groups excluding carboxylic acids is 1. The van der Waals surface area contributed by atoms with Gasteiger partial charge in [-0.25, -0.2) is 0 Å². The number of halogens is 4. The summed E-state index contributed by atoms with van der Waals surface area (Å²) in [4.78, 5) is 12.5. The van der Waals surface area contributed by atoms with Crippen LogP contribution in [0.1, 0.15) is 24.2 Å². The Morgan fingerprint density at radius 2 is 1.96 bits per heavy atom. The van der Waals surface area contributed by atoms with Crippen molar-refractivity contribution in [2.75, 3.05) is 5.32 Å². The van der Waals surface area contributed by atoms with E-state index in [2.05, 4.69) is 31.4 Å². The lowest BCUT2D eigenvalue weighted by Crippen LogP contribution is -2.24. The molecule has 1 atom stereocenters. The van der Waals surface area contributed by atoms with Gasteiger partial charge in [-0.05, 0) is 47.5 Å². The summed E-state index contributed by atoms with van der Waals surface area (Å²) < 4.78 is 4.02. The van der Waals surface area contributed by atoms with E-state index in [-0.39, 0.29) is 11.7 Å².